The molecule has 0 amide bonds. The Balaban J connectivity index is 1.85. The summed E-state index contributed by atoms with van der Waals surface area (Å²) in [4.78, 5) is 10.7. The Morgan fingerprint density at radius 1 is 1.37 bits per heavy atom. The number of nitrogen functional groups attached to an aromatic ring is 1. The van der Waals surface area contributed by atoms with Gasteiger partial charge in [-0.15, -0.1) is 0 Å². The van der Waals surface area contributed by atoms with Crippen LogP contribution in [0.4, 0.5) is 11.8 Å². The zero-order valence-electron chi connectivity index (χ0n) is 11.5. The van der Waals surface area contributed by atoms with Gasteiger partial charge in [0.25, 0.3) is 0 Å². The normalized spacial score (nSPS) is 31.1. The van der Waals surface area contributed by atoms with Gasteiger partial charge in [0.2, 0.25) is 5.95 Å². The van der Waals surface area contributed by atoms with E-state index in [4.69, 9.17) is 5.73 Å². The van der Waals surface area contributed by atoms with Crippen LogP contribution in [-0.4, -0.2) is 34.3 Å². The molecule has 3 N–H and O–H groups in total. The molecule has 1 aromatic rings. The third-order valence-electron chi connectivity index (χ3n) is 4.65. The number of nitrogens with zero attached hydrogens (tertiary/aromatic N) is 3. The number of aliphatic hydroxyl groups is 1. The summed E-state index contributed by atoms with van der Waals surface area (Å²) in [5.41, 5.74) is 6.71. The summed E-state index contributed by atoms with van der Waals surface area (Å²) in [7, 11) is 0. The van der Waals surface area contributed by atoms with E-state index in [0.717, 1.165) is 56.7 Å². The van der Waals surface area contributed by atoms with Crippen molar-refractivity contribution in [1.29, 1.82) is 0 Å². The Labute approximate surface area is 113 Å². The fourth-order valence-electron chi connectivity index (χ4n) is 3.69. The van der Waals surface area contributed by atoms with Crippen LogP contribution in [0.5, 0.6) is 0 Å². The van der Waals surface area contributed by atoms with Crippen molar-refractivity contribution in [2.75, 3.05) is 23.7 Å². The molecule has 1 saturated carbocycles. The van der Waals surface area contributed by atoms with Gasteiger partial charge in [0, 0.05) is 30.3 Å². The van der Waals surface area contributed by atoms with Crippen molar-refractivity contribution in [3.05, 3.63) is 11.8 Å². The molecule has 0 bridgehead atoms. The first-order valence-corrected chi connectivity index (χ1v) is 7.13. The molecule has 1 aliphatic carbocycles. The maximum absolute atomic E-state index is 10.3. The van der Waals surface area contributed by atoms with E-state index >= 15 is 0 Å². The molecule has 5 heteroatoms. The minimum atomic E-state index is -0.157. The number of hydrogen-bond donors (Lipinski definition) is 2. The Morgan fingerprint density at radius 2 is 2.16 bits per heavy atom. The minimum Gasteiger partial charge on any atom is -0.392 e. The maximum atomic E-state index is 10.3. The number of aryl methyl sites for hydroxylation is 1. The summed E-state index contributed by atoms with van der Waals surface area (Å²) in [6, 6.07) is 1.98. The lowest BCUT2D eigenvalue weighted by Crippen LogP contribution is -2.47. The quantitative estimate of drug-likeness (QED) is 0.802. The summed E-state index contributed by atoms with van der Waals surface area (Å²) in [6.45, 7) is 3.82. The number of piperidine rings is 1. The first-order chi connectivity index (χ1) is 9.09. The first kappa shape index (κ1) is 12.7. The molecule has 1 aliphatic heterocycles. The summed E-state index contributed by atoms with van der Waals surface area (Å²) in [6.07, 6.45) is 5.29. The molecule has 2 aliphatic rings. The van der Waals surface area contributed by atoms with Crippen molar-refractivity contribution < 1.29 is 5.11 Å². The van der Waals surface area contributed by atoms with Gasteiger partial charge in [-0.2, -0.15) is 4.98 Å². The second-order valence-corrected chi connectivity index (χ2v) is 6.02. The van der Waals surface area contributed by atoms with Crippen LogP contribution in [0.15, 0.2) is 6.07 Å². The number of aromatic nitrogens is 2. The van der Waals surface area contributed by atoms with E-state index < -0.39 is 0 Å². The number of aliphatic hydroxyl groups excluding tert-OH is 1. The van der Waals surface area contributed by atoms with Crippen LogP contribution in [-0.2, 0) is 0 Å². The van der Waals surface area contributed by atoms with Crippen LogP contribution in [0, 0.1) is 12.3 Å². The minimum absolute atomic E-state index is 0.0753. The molecule has 3 rings (SSSR count). The lowest BCUT2D eigenvalue weighted by Gasteiger charge is -2.43. The molecular formula is C14H22N4O. The Bertz CT molecular complexity index is 458. The van der Waals surface area contributed by atoms with Gasteiger partial charge in [-0.3, -0.25) is 0 Å². The van der Waals surface area contributed by atoms with Crippen molar-refractivity contribution in [3.63, 3.8) is 0 Å². The molecule has 104 valence electrons. The van der Waals surface area contributed by atoms with Gasteiger partial charge in [-0.05, 0) is 32.6 Å². The van der Waals surface area contributed by atoms with Gasteiger partial charge in [0.05, 0.1) is 6.10 Å². The van der Waals surface area contributed by atoms with Gasteiger partial charge in [0.15, 0.2) is 0 Å². The third-order valence-corrected chi connectivity index (χ3v) is 4.65. The predicted octanol–water partition coefficient (Wildman–Crippen LogP) is 1.50. The van der Waals surface area contributed by atoms with Gasteiger partial charge in [0.1, 0.15) is 5.82 Å². The summed E-state index contributed by atoms with van der Waals surface area (Å²) >= 11 is 0. The molecule has 5 nitrogen and oxygen atoms in total. The summed E-state index contributed by atoms with van der Waals surface area (Å²) in [5.74, 6) is 1.24. The fourth-order valence-corrected chi connectivity index (χ4v) is 3.69. The molecule has 1 saturated heterocycles. The van der Waals surface area contributed by atoms with E-state index in [1.807, 2.05) is 13.0 Å². The molecule has 1 aromatic heterocycles. The molecule has 0 unspecified atom stereocenters. The first-order valence-electron chi connectivity index (χ1n) is 7.13. The van der Waals surface area contributed by atoms with Crippen molar-refractivity contribution in [2.45, 2.75) is 45.1 Å². The van der Waals surface area contributed by atoms with Crippen molar-refractivity contribution in [2.24, 2.45) is 5.41 Å². The molecule has 2 atom stereocenters. The highest BCUT2D eigenvalue weighted by molar-refractivity contribution is 5.44. The van der Waals surface area contributed by atoms with Crippen molar-refractivity contribution in [3.8, 4) is 0 Å². The molecular weight excluding hydrogens is 240 g/mol. The molecule has 1 spiro atoms. The van der Waals surface area contributed by atoms with Crippen molar-refractivity contribution in [1.82, 2.24) is 9.97 Å². The molecule has 0 aromatic carbocycles. The highest BCUT2D eigenvalue weighted by Gasteiger charge is 2.44. The lowest BCUT2D eigenvalue weighted by molar-refractivity contribution is 0.0408. The SMILES string of the molecule is Cc1cc(N2CCC[C@@]3(CCC[C@H]3O)C2)nc(N)n1. The van der Waals surface area contributed by atoms with Crippen LogP contribution in [0.3, 0.4) is 0 Å². The molecule has 19 heavy (non-hydrogen) atoms. The smallest absolute Gasteiger partial charge is 0.222 e. The van der Waals surface area contributed by atoms with Crippen LogP contribution < -0.4 is 10.6 Å². The molecule has 2 heterocycles. The molecule has 2 fully saturated rings. The predicted molar refractivity (Wildman–Crippen MR) is 74.9 cm³/mol. The Hall–Kier alpha value is -1.36. The second-order valence-electron chi connectivity index (χ2n) is 6.02. The zero-order valence-corrected chi connectivity index (χ0v) is 11.5. The van der Waals surface area contributed by atoms with E-state index in [1.54, 1.807) is 0 Å². The van der Waals surface area contributed by atoms with Crippen LogP contribution >= 0.6 is 0 Å². The van der Waals surface area contributed by atoms with Gasteiger partial charge < -0.3 is 15.7 Å². The number of nitrogens with two attached hydrogens (primary N) is 1. The Kier molecular flexibility index (Phi) is 3.09. The van der Waals surface area contributed by atoms with E-state index in [-0.39, 0.29) is 11.5 Å². The monoisotopic (exact) mass is 262 g/mol. The van der Waals surface area contributed by atoms with Crippen LogP contribution in [0.25, 0.3) is 0 Å². The average Bonchev–Trinajstić information content (AvgIpc) is 2.69. The highest BCUT2D eigenvalue weighted by Crippen LogP contribution is 2.45. The van der Waals surface area contributed by atoms with E-state index in [2.05, 4.69) is 14.9 Å². The third kappa shape index (κ3) is 2.27. The number of anilines is 2. The van der Waals surface area contributed by atoms with Crippen LogP contribution in [0.2, 0.25) is 0 Å². The van der Waals surface area contributed by atoms with Gasteiger partial charge in [-0.25, -0.2) is 4.98 Å². The number of rotatable bonds is 1. The highest BCUT2D eigenvalue weighted by atomic mass is 16.3. The van der Waals surface area contributed by atoms with Gasteiger partial charge in [-0.1, -0.05) is 6.42 Å². The summed E-state index contributed by atoms with van der Waals surface area (Å²) < 4.78 is 0. The largest absolute Gasteiger partial charge is 0.392 e. The standard InChI is InChI=1S/C14H22N4O/c1-10-8-12(17-13(15)16-10)18-7-3-6-14(9-18)5-2-4-11(14)19/h8,11,19H,2-7,9H2,1H3,(H2,15,16,17)/t11-,14+/m1/s1. The van der Waals surface area contributed by atoms with Crippen molar-refractivity contribution >= 4 is 11.8 Å². The topological polar surface area (TPSA) is 75.3 Å². The summed E-state index contributed by atoms with van der Waals surface area (Å²) in [5, 5.41) is 10.3. The van der Waals surface area contributed by atoms with E-state index in [1.165, 1.54) is 0 Å². The van der Waals surface area contributed by atoms with E-state index in [9.17, 15) is 5.11 Å². The van der Waals surface area contributed by atoms with Crippen LogP contribution in [0.1, 0.15) is 37.8 Å². The molecule has 0 radical (unpaired) electrons. The average molecular weight is 262 g/mol. The zero-order chi connectivity index (χ0) is 13.5. The van der Waals surface area contributed by atoms with E-state index in [0.29, 0.717) is 5.95 Å². The fraction of sp³-hybridized carbons (Fsp3) is 0.714. The van der Waals surface area contributed by atoms with Gasteiger partial charge >= 0.3 is 0 Å². The second kappa shape index (κ2) is 4.63. The maximum Gasteiger partial charge on any atom is 0.222 e. The lowest BCUT2D eigenvalue weighted by atomic mass is 9.77. The Morgan fingerprint density at radius 3 is 2.84 bits per heavy atom. The number of hydrogen-bond acceptors (Lipinski definition) is 5.